The first kappa shape index (κ1) is 25.9. The number of benzene rings is 3. The van der Waals surface area contributed by atoms with E-state index in [0.29, 0.717) is 47.5 Å². The smallest absolute Gasteiger partial charge is 0.485 e. The van der Waals surface area contributed by atoms with Crippen molar-refractivity contribution in [2.75, 3.05) is 0 Å². The lowest BCUT2D eigenvalue weighted by Crippen LogP contribution is -2.51. The number of aryl methyl sites for hydroxylation is 2. The lowest BCUT2D eigenvalue weighted by atomic mass is 9.83. The number of nitrogens with zero attached hydrogens (tertiary/aromatic N) is 2. The van der Waals surface area contributed by atoms with E-state index in [1.807, 2.05) is 105 Å². The zero-order valence-electron chi connectivity index (χ0n) is 23.1. The van der Waals surface area contributed by atoms with E-state index in [1.54, 1.807) is 13.8 Å². The summed E-state index contributed by atoms with van der Waals surface area (Å²) in [4.78, 5) is 0. The van der Waals surface area contributed by atoms with E-state index in [9.17, 15) is 0 Å². The fourth-order valence-electron chi connectivity index (χ4n) is 5.94. The average Bonchev–Trinajstić information content (AvgIpc) is 3.42. The minimum absolute atomic E-state index is 0.353. The van der Waals surface area contributed by atoms with Crippen molar-refractivity contribution >= 4 is 18.3 Å². The SMILES string of the molecule is CC1=CC(C)=[N+]2C1=C(c1ccc(OCc3ccccc3)c(OCc3ccccc3)c1)c1c(C)cc(C)n1[B-]2(F)F. The number of allylic oxidation sites excluding steroid dienone is 2. The monoisotopic (exact) mass is 536 g/mol. The first-order valence-electron chi connectivity index (χ1n) is 13.5. The molecule has 0 unspecified atom stereocenters. The van der Waals surface area contributed by atoms with Crippen LogP contribution in [0.2, 0.25) is 0 Å². The summed E-state index contributed by atoms with van der Waals surface area (Å²) < 4.78 is 47.1. The van der Waals surface area contributed by atoms with Gasteiger partial charge in [0.2, 0.25) is 0 Å². The minimum atomic E-state index is -4.04. The number of ether oxygens (including phenoxy) is 2. The van der Waals surface area contributed by atoms with E-state index in [0.717, 1.165) is 33.4 Å². The molecule has 0 spiro atoms. The van der Waals surface area contributed by atoms with Gasteiger partial charge in [-0.1, -0.05) is 66.7 Å². The molecule has 40 heavy (non-hydrogen) atoms. The van der Waals surface area contributed by atoms with Gasteiger partial charge in [0.25, 0.3) is 0 Å². The molecule has 3 aromatic carbocycles. The third-order valence-corrected chi connectivity index (χ3v) is 7.64. The molecule has 3 heterocycles. The van der Waals surface area contributed by atoms with E-state index >= 15 is 8.63 Å². The first-order chi connectivity index (χ1) is 19.3. The van der Waals surface area contributed by atoms with E-state index in [1.165, 1.54) is 8.96 Å². The molecule has 0 amide bonds. The fraction of sp³-hybridized carbons (Fsp3) is 0.182. The van der Waals surface area contributed by atoms with Crippen LogP contribution in [0.5, 0.6) is 11.5 Å². The van der Waals surface area contributed by atoms with Crippen LogP contribution in [0.25, 0.3) is 5.57 Å². The molecule has 0 saturated carbocycles. The molecule has 0 radical (unpaired) electrons. The van der Waals surface area contributed by atoms with Gasteiger partial charge in [-0.05, 0) is 66.9 Å². The summed E-state index contributed by atoms with van der Waals surface area (Å²) in [6, 6.07) is 27.5. The van der Waals surface area contributed by atoms with Crippen molar-refractivity contribution in [3.8, 4) is 11.5 Å². The Morgan fingerprint density at radius 1 is 0.750 bits per heavy atom. The maximum absolute atomic E-state index is 16.1. The first-order valence-corrected chi connectivity index (χ1v) is 13.5. The number of hydrogen-bond donors (Lipinski definition) is 0. The van der Waals surface area contributed by atoms with Crippen LogP contribution in [0.4, 0.5) is 8.63 Å². The number of hydrogen-bond acceptors (Lipinski definition) is 2. The minimum Gasteiger partial charge on any atom is -0.485 e. The van der Waals surface area contributed by atoms with Crippen LogP contribution in [0.15, 0.2) is 102 Å². The van der Waals surface area contributed by atoms with Crippen LogP contribution >= 0.6 is 0 Å². The van der Waals surface area contributed by atoms with Crippen molar-refractivity contribution in [3.05, 3.63) is 136 Å². The number of fused-ring (bicyclic) bond motifs is 2. The van der Waals surface area contributed by atoms with Gasteiger partial charge in [-0.15, -0.1) is 0 Å². The van der Waals surface area contributed by atoms with E-state index in [-0.39, 0.29) is 0 Å². The maximum atomic E-state index is 16.1. The van der Waals surface area contributed by atoms with E-state index in [4.69, 9.17) is 9.47 Å². The highest BCUT2D eigenvalue weighted by Gasteiger charge is 2.55. The lowest BCUT2D eigenvalue weighted by Gasteiger charge is -2.34. The third-order valence-electron chi connectivity index (χ3n) is 7.64. The van der Waals surface area contributed by atoms with Crippen LogP contribution < -0.4 is 9.47 Å². The maximum Gasteiger partial charge on any atom is 0.737 e. The molecule has 0 aliphatic carbocycles. The second-order valence-electron chi connectivity index (χ2n) is 10.5. The van der Waals surface area contributed by atoms with Gasteiger partial charge in [0.1, 0.15) is 18.9 Å². The van der Waals surface area contributed by atoms with E-state index in [2.05, 4.69) is 0 Å². The molecule has 0 fully saturated rings. The molecule has 202 valence electrons. The van der Waals surface area contributed by atoms with Gasteiger partial charge in [-0.3, -0.25) is 0 Å². The van der Waals surface area contributed by atoms with Gasteiger partial charge < -0.3 is 27.1 Å². The van der Waals surface area contributed by atoms with Crippen LogP contribution in [-0.2, 0) is 13.2 Å². The van der Waals surface area contributed by atoms with Crippen molar-refractivity contribution in [3.63, 3.8) is 0 Å². The molecule has 6 rings (SSSR count). The normalized spacial score (nSPS) is 15.6. The summed E-state index contributed by atoms with van der Waals surface area (Å²) in [5.74, 6) is 1.16. The van der Waals surface area contributed by atoms with Gasteiger partial charge in [-0.25, -0.2) is 0 Å². The van der Waals surface area contributed by atoms with Crippen LogP contribution in [-0.4, -0.2) is 21.6 Å². The summed E-state index contributed by atoms with van der Waals surface area (Å²) >= 11 is 0. The molecule has 0 bridgehead atoms. The predicted octanol–water partition coefficient (Wildman–Crippen LogP) is 7.69. The Hall–Kier alpha value is -4.39. The van der Waals surface area contributed by atoms with Crippen LogP contribution in [0.3, 0.4) is 0 Å². The fourth-order valence-corrected chi connectivity index (χ4v) is 5.94. The second-order valence-corrected chi connectivity index (χ2v) is 10.5. The van der Waals surface area contributed by atoms with Crippen LogP contribution in [0, 0.1) is 13.8 Å². The molecular weight excluding hydrogens is 505 g/mol. The van der Waals surface area contributed by atoms with Gasteiger partial charge in [0.05, 0.1) is 5.57 Å². The number of halogens is 2. The summed E-state index contributed by atoms with van der Waals surface area (Å²) in [5.41, 5.74) is 7.42. The molecule has 0 saturated heterocycles. The summed E-state index contributed by atoms with van der Waals surface area (Å²) in [7, 11) is 0. The van der Waals surface area contributed by atoms with Crippen molar-refractivity contribution in [1.29, 1.82) is 0 Å². The topological polar surface area (TPSA) is 26.4 Å². The summed E-state index contributed by atoms with van der Waals surface area (Å²) in [5, 5.41) is 0. The molecular formula is C33H31BF2N2O2. The molecule has 4 aromatic rings. The molecule has 7 heteroatoms. The Morgan fingerprint density at radius 3 is 1.98 bits per heavy atom. The van der Waals surface area contributed by atoms with Gasteiger partial charge in [0, 0.05) is 24.3 Å². The molecule has 0 atom stereocenters. The highest BCUT2D eigenvalue weighted by Crippen LogP contribution is 2.45. The Kier molecular flexibility index (Phi) is 6.45. The number of aromatic nitrogens is 1. The quantitative estimate of drug-likeness (QED) is 0.227. The average molecular weight is 536 g/mol. The van der Waals surface area contributed by atoms with Crippen molar-refractivity contribution in [1.82, 2.24) is 4.48 Å². The Labute approximate surface area is 233 Å². The van der Waals surface area contributed by atoms with E-state index < -0.39 is 6.97 Å². The van der Waals surface area contributed by atoms with Crippen molar-refractivity contribution in [2.45, 2.75) is 40.9 Å². The summed E-state index contributed by atoms with van der Waals surface area (Å²) in [6.07, 6.45) is 1.84. The molecule has 4 nitrogen and oxygen atoms in total. The van der Waals surface area contributed by atoms with Gasteiger partial charge in [0.15, 0.2) is 17.2 Å². The predicted molar refractivity (Wildman–Crippen MR) is 156 cm³/mol. The Morgan fingerprint density at radius 2 is 1.35 bits per heavy atom. The Bertz CT molecular complexity index is 1700. The zero-order valence-corrected chi connectivity index (χ0v) is 23.1. The lowest BCUT2D eigenvalue weighted by molar-refractivity contribution is -0.363. The summed E-state index contributed by atoms with van der Waals surface area (Å²) in [6.45, 7) is 3.99. The zero-order chi connectivity index (χ0) is 28.0. The van der Waals surface area contributed by atoms with Crippen molar-refractivity contribution < 1.29 is 22.6 Å². The number of rotatable bonds is 7. The highest BCUT2D eigenvalue weighted by atomic mass is 19.2. The third kappa shape index (κ3) is 4.35. The van der Waals surface area contributed by atoms with Crippen molar-refractivity contribution in [2.24, 2.45) is 0 Å². The molecule has 0 N–H and O–H groups in total. The second kappa shape index (κ2) is 9.98. The van der Waals surface area contributed by atoms with Gasteiger partial charge in [-0.2, -0.15) is 0 Å². The largest absolute Gasteiger partial charge is 0.737 e. The Balaban J connectivity index is 1.49. The molecule has 2 aliphatic heterocycles. The van der Waals surface area contributed by atoms with Gasteiger partial charge >= 0.3 is 6.97 Å². The standard InChI is InChI=1S/C33H31BF2N2O2/c1-22-17-24(3)37-32(22)31(33-23(2)18-25(4)38(33)34(37,35)36)28-15-16-29(39-20-26-11-7-5-8-12-26)30(19-28)40-21-27-13-9-6-10-14-27/h5-19H,20-21H2,1-4H3. The molecule has 1 aromatic heterocycles. The highest BCUT2D eigenvalue weighted by molar-refractivity contribution is 6.58. The molecule has 2 aliphatic rings. The van der Waals surface area contributed by atoms with Crippen LogP contribution in [0.1, 0.15) is 47.5 Å².